The van der Waals surface area contributed by atoms with Gasteiger partial charge in [-0.25, -0.2) is 5.84 Å². The van der Waals surface area contributed by atoms with E-state index in [4.69, 9.17) is 5.84 Å². The summed E-state index contributed by atoms with van der Waals surface area (Å²) in [5, 5.41) is 4.22. The Morgan fingerprint density at radius 2 is 2.06 bits per heavy atom. The van der Waals surface area contributed by atoms with E-state index in [0.29, 0.717) is 12.2 Å². The second kappa shape index (κ2) is 5.01. The zero-order valence-corrected chi connectivity index (χ0v) is 10.5. The summed E-state index contributed by atoms with van der Waals surface area (Å²) in [7, 11) is 0. The number of hydrogen-bond donors (Lipinski definition) is 2. The van der Waals surface area contributed by atoms with Gasteiger partial charge >= 0.3 is 0 Å². The molecular formula is C13H16N4O. The number of carbonyl (C=O) groups is 1. The summed E-state index contributed by atoms with van der Waals surface area (Å²) in [5.41, 5.74) is 5.56. The number of carbonyl (C=O) groups excluding carboxylic acids is 1. The van der Waals surface area contributed by atoms with Crippen LogP contribution in [0.15, 0.2) is 30.3 Å². The molecule has 1 amide bonds. The average molecular weight is 244 g/mol. The minimum Gasteiger partial charge on any atom is -0.289 e. The van der Waals surface area contributed by atoms with Crippen molar-refractivity contribution in [1.29, 1.82) is 0 Å². The van der Waals surface area contributed by atoms with E-state index in [1.165, 1.54) is 5.56 Å². The molecule has 2 aromatic rings. The second-order valence-corrected chi connectivity index (χ2v) is 4.07. The summed E-state index contributed by atoms with van der Waals surface area (Å²) in [5.74, 6) is 4.74. The first-order valence-electron chi connectivity index (χ1n) is 5.81. The van der Waals surface area contributed by atoms with Crippen molar-refractivity contribution in [2.45, 2.75) is 20.4 Å². The average Bonchev–Trinajstić information content (AvgIpc) is 2.83. The third-order valence-electron chi connectivity index (χ3n) is 2.79. The molecule has 0 spiro atoms. The molecule has 1 aromatic heterocycles. The number of nitrogens with two attached hydrogens (primary N) is 1. The molecule has 0 saturated carbocycles. The van der Waals surface area contributed by atoms with Crippen LogP contribution >= 0.6 is 0 Å². The number of amides is 1. The monoisotopic (exact) mass is 244 g/mol. The molecule has 2 rings (SSSR count). The number of rotatable bonds is 3. The van der Waals surface area contributed by atoms with Gasteiger partial charge in [0.2, 0.25) is 0 Å². The first-order chi connectivity index (χ1) is 8.65. The number of benzene rings is 1. The Bertz CT molecular complexity index is 557. The van der Waals surface area contributed by atoms with E-state index in [1.54, 1.807) is 10.7 Å². The molecule has 18 heavy (non-hydrogen) atoms. The molecule has 94 valence electrons. The van der Waals surface area contributed by atoms with Crippen LogP contribution < -0.4 is 11.3 Å². The number of aromatic nitrogens is 2. The number of nitrogen functional groups attached to an aromatic ring is 1. The number of nitrogens with one attached hydrogen (secondary N) is 1. The molecule has 0 fully saturated rings. The normalized spacial score (nSPS) is 10.4. The lowest BCUT2D eigenvalue weighted by molar-refractivity contribution is 0.0948. The SMILES string of the molecule is CCn1nc(C(=O)NN)cc1-c1ccc(C)cc1. The Morgan fingerprint density at radius 1 is 1.39 bits per heavy atom. The van der Waals surface area contributed by atoms with Crippen LogP contribution in [0.1, 0.15) is 23.0 Å². The lowest BCUT2D eigenvalue weighted by Crippen LogP contribution is -2.30. The van der Waals surface area contributed by atoms with Gasteiger partial charge in [-0.1, -0.05) is 29.8 Å². The summed E-state index contributed by atoms with van der Waals surface area (Å²) >= 11 is 0. The largest absolute Gasteiger partial charge is 0.289 e. The summed E-state index contributed by atoms with van der Waals surface area (Å²) in [6.07, 6.45) is 0. The van der Waals surface area contributed by atoms with E-state index >= 15 is 0 Å². The first-order valence-corrected chi connectivity index (χ1v) is 5.81. The standard InChI is InChI=1S/C13H16N4O/c1-3-17-12(8-11(16-17)13(18)15-14)10-6-4-9(2)5-7-10/h4-8H,3,14H2,1-2H3,(H,15,18). The van der Waals surface area contributed by atoms with E-state index in [0.717, 1.165) is 11.3 Å². The van der Waals surface area contributed by atoms with Crippen LogP contribution in [0.25, 0.3) is 11.3 Å². The van der Waals surface area contributed by atoms with Gasteiger partial charge in [0.25, 0.3) is 5.91 Å². The Kier molecular flexibility index (Phi) is 3.43. The fraction of sp³-hybridized carbons (Fsp3) is 0.231. The maximum atomic E-state index is 11.5. The van der Waals surface area contributed by atoms with Crippen molar-refractivity contribution in [2.75, 3.05) is 0 Å². The maximum absolute atomic E-state index is 11.5. The lowest BCUT2D eigenvalue weighted by atomic mass is 10.1. The van der Waals surface area contributed by atoms with E-state index in [2.05, 4.69) is 10.5 Å². The fourth-order valence-electron chi connectivity index (χ4n) is 1.80. The second-order valence-electron chi connectivity index (χ2n) is 4.07. The van der Waals surface area contributed by atoms with Crippen molar-refractivity contribution in [1.82, 2.24) is 15.2 Å². The third kappa shape index (κ3) is 2.26. The van der Waals surface area contributed by atoms with Crippen molar-refractivity contribution in [3.63, 3.8) is 0 Å². The Labute approximate surface area is 106 Å². The molecule has 0 aliphatic heterocycles. The highest BCUT2D eigenvalue weighted by atomic mass is 16.2. The van der Waals surface area contributed by atoms with Crippen LogP contribution in [0.2, 0.25) is 0 Å². The molecule has 0 unspecified atom stereocenters. The highest BCUT2D eigenvalue weighted by Gasteiger charge is 2.13. The third-order valence-corrected chi connectivity index (χ3v) is 2.79. The molecule has 0 saturated heterocycles. The van der Waals surface area contributed by atoms with Gasteiger partial charge in [-0.2, -0.15) is 5.10 Å². The van der Waals surface area contributed by atoms with Gasteiger partial charge in [0.15, 0.2) is 5.69 Å². The molecule has 5 nitrogen and oxygen atoms in total. The topological polar surface area (TPSA) is 72.9 Å². The zero-order chi connectivity index (χ0) is 13.1. The van der Waals surface area contributed by atoms with Crippen molar-refractivity contribution in [3.05, 3.63) is 41.6 Å². The Balaban J connectivity index is 2.46. The maximum Gasteiger partial charge on any atom is 0.285 e. The van der Waals surface area contributed by atoms with Gasteiger partial charge in [-0.15, -0.1) is 0 Å². The van der Waals surface area contributed by atoms with Crippen LogP contribution in [0.3, 0.4) is 0 Å². The quantitative estimate of drug-likeness (QED) is 0.488. The highest BCUT2D eigenvalue weighted by molar-refractivity contribution is 5.92. The Morgan fingerprint density at radius 3 is 2.61 bits per heavy atom. The number of hydrazine groups is 1. The van der Waals surface area contributed by atoms with E-state index in [-0.39, 0.29) is 5.91 Å². The van der Waals surface area contributed by atoms with Gasteiger partial charge in [-0.3, -0.25) is 14.9 Å². The van der Waals surface area contributed by atoms with E-state index in [1.807, 2.05) is 38.1 Å². The van der Waals surface area contributed by atoms with Crippen molar-refractivity contribution >= 4 is 5.91 Å². The summed E-state index contributed by atoms with van der Waals surface area (Å²) in [6, 6.07) is 9.84. The summed E-state index contributed by atoms with van der Waals surface area (Å²) < 4.78 is 1.79. The van der Waals surface area contributed by atoms with Crippen LogP contribution in [-0.4, -0.2) is 15.7 Å². The zero-order valence-electron chi connectivity index (χ0n) is 10.5. The molecule has 0 aliphatic rings. The van der Waals surface area contributed by atoms with E-state index in [9.17, 15) is 4.79 Å². The van der Waals surface area contributed by atoms with Gasteiger partial charge < -0.3 is 0 Å². The van der Waals surface area contributed by atoms with E-state index < -0.39 is 0 Å². The fourth-order valence-corrected chi connectivity index (χ4v) is 1.80. The molecule has 0 bridgehead atoms. The van der Waals surface area contributed by atoms with Gasteiger partial charge in [-0.05, 0) is 25.5 Å². The van der Waals surface area contributed by atoms with Crippen molar-refractivity contribution in [2.24, 2.45) is 5.84 Å². The van der Waals surface area contributed by atoms with Crippen molar-refractivity contribution < 1.29 is 4.79 Å². The predicted octanol–water partition coefficient (Wildman–Crippen LogP) is 1.48. The minimum absolute atomic E-state index is 0.329. The minimum atomic E-state index is -0.379. The number of hydrogen-bond acceptors (Lipinski definition) is 3. The van der Waals surface area contributed by atoms with Gasteiger partial charge in [0.05, 0.1) is 5.69 Å². The van der Waals surface area contributed by atoms with Crippen LogP contribution in [0, 0.1) is 6.92 Å². The number of aryl methyl sites for hydroxylation is 2. The van der Waals surface area contributed by atoms with Crippen LogP contribution in [0.4, 0.5) is 0 Å². The summed E-state index contributed by atoms with van der Waals surface area (Å²) in [4.78, 5) is 11.5. The van der Waals surface area contributed by atoms with Gasteiger partial charge in [0, 0.05) is 6.54 Å². The number of nitrogens with zero attached hydrogens (tertiary/aromatic N) is 2. The van der Waals surface area contributed by atoms with Crippen LogP contribution in [0.5, 0.6) is 0 Å². The highest BCUT2D eigenvalue weighted by Crippen LogP contribution is 2.21. The molecule has 0 atom stereocenters. The lowest BCUT2D eigenvalue weighted by Gasteiger charge is -2.04. The smallest absolute Gasteiger partial charge is 0.285 e. The van der Waals surface area contributed by atoms with Crippen LogP contribution in [-0.2, 0) is 6.54 Å². The van der Waals surface area contributed by atoms with Crippen molar-refractivity contribution in [3.8, 4) is 11.3 Å². The molecular weight excluding hydrogens is 228 g/mol. The molecule has 0 radical (unpaired) electrons. The predicted molar refractivity (Wildman–Crippen MR) is 69.7 cm³/mol. The molecule has 1 aromatic carbocycles. The van der Waals surface area contributed by atoms with Gasteiger partial charge in [0.1, 0.15) is 0 Å². The molecule has 3 N–H and O–H groups in total. The first kappa shape index (κ1) is 12.3. The summed E-state index contributed by atoms with van der Waals surface area (Å²) in [6.45, 7) is 4.71. The molecule has 0 aliphatic carbocycles. The molecule has 5 heteroatoms. The molecule has 1 heterocycles. The Hall–Kier alpha value is -2.14.